The third-order valence-electron chi connectivity index (χ3n) is 11.8. The van der Waals surface area contributed by atoms with E-state index < -0.39 is 20.0 Å². The van der Waals surface area contributed by atoms with E-state index in [0.29, 0.717) is 62.5 Å². The van der Waals surface area contributed by atoms with E-state index >= 15 is 0 Å². The van der Waals surface area contributed by atoms with E-state index in [1.54, 1.807) is 70.3 Å². The van der Waals surface area contributed by atoms with Crippen molar-refractivity contribution in [3.63, 3.8) is 0 Å². The van der Waals surface area contributed by atoms with Gasteiger partial charge in [-0.3, -0.25) is 18.8 Å². The maximum Gasteiger partial charge on any atom is 0.266 e. The maximum absolute atomic E-state index is 14.3. The van der Waals surface area contributed by atoms with Crippen molar-refractivity contribution in [3.05, 3.63) is 96.6 Å². The van der Waals surface area contributed by atoms with Crippen LogP contribution < -0.4 is 38.0 Å². The van der Waals surface area contributed by atoms with Crippen LogP contribution in [-0.4, -0.2) is 94.3 Å². The summed E-state index contributed by atoms with van der Waals surface area (Å²) < 4.78 is 104. The van der Waals surface area contributed by atoms with E-state index in [1.165, 1.54) is 34.5 Å². The van der Waals surface area contributed by atoms with Crippen LogP contribution in [0.25, 0.3) is 33.1 Å². The van der Waals surface area contributed by atoms with Crippen LogP contribution in [0.2, 0.25) is 0 Å². The Balaban J connectivity index is 0.904. The Bertz CT molecular complexity index is 3360. The van der Waals surface area contributed by atoms with Gasteiger partial charge < -0.3 is 37.6 Å². The topological polar surface area (TPSA) is 229 Å². The van der Waals surface area contributed by atoms with Gasteiger partial charge in [-0.1, -0.05) is 10.3 Å². The van der Waals surface area contributed by atoms with Gasteiger partial charge in [0.25, 0.3) is 20.0 Å². The smallest absolute Gasteiger partial charge is 0.266 e. The second-order valence-corrected chi connectivity index (χ2v) is 19.4. The van der Waals surface area contributed by atoms with E-state index in [4.69, 9.17) is 32.7 Å². The van der Waals surface area contributed by atoms with E-state index in [0.717, 1.165) is 44.3 Å². The molecular weight excluding hydrogens is 907 g/mol. The Morgan fingerprint density at radius 1 is 0.687 bits per heavy atom. The van der Waals surface area contributed by atoms with E-state index in [-0.39, 0.29) is 51.2 Å². The molecular formula is C45H45N9O11S2. The van der Waals surface area contributed by atoms with Gasteiger partial charge in [0, 0.05) is 54.6 Å². The first-order valence-electron chi connectivity index (χ1n) is 21.2. The van der Waals surface area contributed by atoms with Gasteiger partial charge in [-0.2, -0.15) is 10.2 Å². The number of benzene rings is 4. The van der Waals surface area contributed by atoms with Crippen LogP contribution in [0.5, 0.6) is 28.7 Å². The largest absolute Gasteiger partial charge is 0.496 e. The number of methoxy groups -OCH3 is 4. The number of hydrogen-bond donors (Lipinski definition) is 2. The van der Waals surface area contributed by atoms with Crippen molar-refractivity contribution in [3.8, 4) is 39.9 Å². The van der Waals surface area contributed by atoms with Crippen LogP contribution in [0, 0.1) is 0 Å². The van der Waals surface area contributed by atoms with Crippen LogP contribution in [0.3, 0.4) is 0 Å². The highest BCUT2D eigenvalue weighted by Gasteiger charge is 2.30. The second kappa shape index (κ2) is 17.4. The highest BCUT2D eigenvalue weighted by Crippen LogP contribution is 2.43. The number of anilines is 3. The number of sulfonamides is 2. The molecule has 348 valence electrons. The van der Waals surface area contributed by atoms with Gasteiger partial charge in [-0.05, 0) is 91.4 Å². The number of hydrogen-bond acceptors (Lipinski definition) is 16. The molecule has 1 saturated carbocycles. The fourth-order valence-corrected chi connectivity index (χ4v) is 10.5. The summed E-state index contributed by atoms with van der Waals surface area (Å²) in [5.41, 5.74) is 4.23. The van der Waals surface area contributed by atoms with Crippen molar-refractivity contribution in [2.75, 3.05) is 55.9 Å². The summed E-state index contributed by atoms with van der Waals surface area (Å²) in [7, 11) is -2.76. The highest BCUT2D eigenvalue weighted by molar-refractivity contribution is 7.93. The van der Waals surface area contributed by atoms with Gasteiger partial charge >= 0.3 is 0 Å². The van der Waals surface area contributed by atoms with Gasteiger partial charge in [-0.25, -0.2) is 16.8 Å². The van der Waals surface area contributed by atoms with Gasteiger partial charge in [0.15, 0.2) is 22.8 Å². The van der Waals surface area contributed by atoms with E-state index in [1.807, 2.05) is 18.5 Å². The molecule has 0 amide bonds. The van der Waals surface area contributed by atoms with Gasteiger partial charge in [0.05, 0.1) is 53.8 Å². The van der Waals surface area contributed by atoms with Crippen molar-refractivity contribution >= 4 is 59.3 Å². The normalized spacial score (nSPS) is 14.2. The Morgan fingerprint density at radius 3 is 1.85 bits per heavy atom. The van der Waals surface area contributed by atoms with Crippen LogP contribution in [0.15, 0.2) is 104 Å². The molecule has 4 aromatic heterocycles. The molecule has 10 rings (SSSR count). The Labute approximate surface area is 384 Å². The first-order chi connectivity index (χ1) is 32.4. The summed E-state index contributed by atoms with van der Waals surface area (Å²) in [5, 5.41) is 17.7. The minimum absolute atomic E-state index is 0.0376. The predicted octanol–water partition coefficient (Wildman–Crippen LogP) is 6.90. The zero-order chi connectivity index (χ0) is 46.5. The molecule has 1 aliphatic heterocycles. The molecule has 5 heterocycles. The van der Waals surface area contributed by atoms with E-state index in [9.17, 15) is 16.8 Å². The quantitative estimate of drug-likeness (QED) is 0.0891. The third-order valence-corrected chi connectivity index (χ3v) is 14.6. The fourth-order valence-electron chi connectivity index (χ4n) is 8.14. The SMILES string of the molecule is COc1cc(OC2CCC2)ccc1S(=O)(=O)Nc1noc2cc(Cn3cc(-c4cc(OC)c(S(=O)(=O)Nc5noc6cc(Cn7cccn7)cc(OC)c56)cc4N4CCC4)cn3)cc(OC)c12. The number of rotatable bonds is 18. The third kappa shape index (κ3) is 8.37. The molecule has 4 aromatic carbocycles. The average molecular weight is 952 g/mol. The van der Waals surface area contributed by atoms with Crippen LogP contribution >= 0.6 is 0 Å². The summed E-state index contributed by atoms with van der Waals surface area (Å²) in [6.45, 7) is 2.13. The number of ether oxygens (including phenoxy) is 5. The number of nitrogens with one attached hydrogen (secondary N) is 2. The zero-order valence-electron chi connectivity index (χ0n) is 36.8. The lowest BCUT2D eigenvalue weighted by molar-refractivity contribution is 0.120. The lowest BCUT2D eigenvalue weighted by Crippen LogP contribution is -2.37. The van der Waals surface area contributed by atoms with Crippen molar-refractivity contribution < 1.29 is 49.6 Å². The first kappa shape index (κ1) is 43.4. The van der Waals surface area contributed by atoms with Gasteiger partial charge in [0.2, 0.25) is 0 Å². The number of aromatic nitrogens is 6. The summed E-state index contributed by atoms with van der Waals surface area (Å²) in [6, 6.07) is 16.7. The Hall–Kier alpha value is -7.46. The van der Waals surface area contributed by atoms with Crippen LogP contribution in [0.4, 0.5) is 17.3 Å². The molecule has 2 aliphatic rings. The molecule has 0 radical (unpaired) electrons. The van der Waals surface area contributed by atoms with Crippen molar-refractivity contribution in [2.24, 2.45) is 0 Å². The zero-order valence-corrected chi connectivity index (χ0v) is 38.4. The standard InChI is InChI=1S/C45H45N9O11S2/c1-59-34-20-31(63-30-8-5-9-30)10-11-40(34)66(55,56)50-44-42-37(62-4)17-28(19-39(42)65-48-44)25-54-26-29(23-47-54)32-21-35(60-2)41(22-33(32)52-13-7-14-52)67(57,58)51-45-43-36(61-3)16-27(18-38(43)64-49-45)24-53-15-6-12-46-53/h6,10-12,15-23,26,30H,5,7-9,13-14,24-25H2,1-4H3,(H,48,50)(H,49,51). The first-order valence-corrected chi connectivity index (χ1v) is 24.2. The van der Waals surface area contributed by atoms with Crippen molar-refractivity contribution in [2.45, 2.75) is 54.7 Å². The molecule has 8 aromatic rings. The lowest BCUT2D eigenvalue weighted by Gasteiger charge is -2.35. The van der Waals surface area contributed by atoms with Crippen molar-refractivity contribution in [1.29, 1.82) is 0 Å². The molecule has 22 heteroatoms. The lowest BCUT2D eigenvalue weighted by atomic mass is 9.96. The monoisotopic (exact) mass is 951 g/mol. The minimum atomic E-state index is -4.31. The summed E-state index contributed by atoms with van der Waals surface area (Å²) in [6.07, 6.45) is 11.1. The number of fused-ring (bicyclic) bond motifs is 2. The molecule has 1 saturated heterocycles. The highest BCUT2D eigenvalue weighted by atomic mass is 32.2. The maximum atomic E-state index is 14.3. The molecule has 20 nitrogen and oxygen atoms in total. The van der Waals surface area contributed by atoms with Gasteiger partial charge in [-0.15, -0.1) is 0 Å². The van der Waals surface area contributed by atoms with Gasteiger partial charge in [0.1, 0.15) is 49.3 Å². The molecule has 0 atom stereocenters. The molecule has 0 spiro atoms. The molecule has 2 fully saturated rings. The summed E-state index contributed by atoms with van der Waals surface area (Å²) in [5.74, 6) is 1.34. The van der Waals surface area contributed by atoms with Crippen LogP contribution in [0.1, 0.15) is 36.8 Å². The summed E-state index contributed by atoms with van der Waals surface area (Å²) >= 11 is 0. The molecule has 2 N–H and O–H groups in total. The second-order valence-electron chi connectivity index (χ2n) is 16.1. The predicted molar refractivity (Wildman–Crippen MR) is 245 cm³/mol. The van der Waals surface area contributed by atoms with Crippen LogP contribution in [-0.2, 0) is 33.1 Å². The minimum Gasteiger partial charge on any atom is -0.496 e. The number of nitrogens with zero attached hydrogens (tertiary/aromatic N) is 7. The molecule has 67 heavy (non-hydrogen) atoms. The fraction of sp³-hybridized carbons (Fsp3) is 0.289. The Kier molecular flexibility index (Phi) is 11.3. The molecule has 0 bridgehead atoms. The van der Waals surface area contributed by atoms with E-state index in [2.05, 4.69) is 34.9 Å². The summed E-state index contributed by atoms with van der Waals surface area (Å²) in [4.78, 5) is 1.89. The molecule has 1 aliphatic carbocycles. The molecule has 0 unspecified atom stereocenters. The average Bonchev–Trinajstić information content (AvgIpc) is 4.13. The Morgan fingerprint density at radius 2 is 1.30 bits per heavy atom. The van der Waals surface area contributed by atoms with Crippen molar-refractivity contribution in [1.82, 2.24) is 29.9 Å².